The zero-order valence-corrected chi connectivity index (χ0v) is 7.57. The summed E-state index contributed by atoms with van der Waals surface area (Å²) in [4.78, 5) is 7.47. The van der Waals surface area contributed by atoms with Crippen molar-refractivity contribution in [2.24, 2.45) is 0 Å². The van der Waals surface area contributed by atoms with Crippen molar-refractivity contribution in [1.82, 2.24) is 4.98 Å². The lowest BCUT2D eigenvalue weighted by atomic mass is 10.1. The zero-order chi connectivity index (χ0) is 9.38. The normalized spacial score (nSPS) is 10.9. The molecule has 3 rings (SSSR count). The topological polar surface area (TPSA) is 27.0 Å². The number of hydrogen-bond acceptors (Lipinski definition) is 1. The van der Waals surface area contributed by atoms with Gasteiger partial charge in [-0.2, -0.15) is 0 Å². The number of benzene rings is 1. The number of rotatable bonds is 0. The molecule has 2 aromatic heterocycles. The van der Waals surface area contributed by atoms with Crippen molar-refractivity contribution in [3.63, 3.8) is 0 Å². The molecule has 14 heavy (non-hydrogen) atoms. The second-order valence-electron chi connectivity index (χ2n) is 3.29. The van der Waals surface area contributed by atoms with E-state index in [9.17, 15) is 0 Å². The van der Waals surface area contributed by atoms with Crippen molar-refractivity contribution in [2.45, 2.75) is 0 Å². The van der Waals surface area contributed by atoms with Gasteiger partial charge >= 0.3 is 0 Å². The Morgan fingerprint density at radius 1 is 1.00 bits per heavy atom. The van der Waals surface area contributed by atoms with E-state index < -0.39 is 0 Å². The molecule has 3 aromatic rings. The number of nitrogens with zero attached hydrogens (tertiary/aromatic N) is 1. The van der Waals surface area contributed by atoms with Gasteiger partial charge in [-0.05, 0) is 12.1 Å². The Kier molecular flexibility index (Phi) is 1.47. The van der Waals surface area contributed by atoms with Crippen LogP contribution in [0.5, 0.6) is 0 Å². The Morgan fingerprint density at radius 3 is 2.93 bits per heavy atom. The van der Waals surface area contributed by atoms with E-state index >= 15 is 0 Å². The van der Waals surface area contributed by atoms with Crippen LogP contribution in [-0.4, -0.2) is 4.98 Å². The fraction of sp³-hybridized carbons (Fsp3) is 0. The lowest BCUT2D eigenvalue weighted by molar-refractivity contribution is -0.375. The van der Waals surface area contributed by atoms with Gasteiger partial charge in [-0.1, -0.05) is 12.1 Å². The van der Waals surface area contributed by atoms with Gasteiger partial charge in [0.05, 0.1) is 5.52 Å². The molecule has 0 bridgehead atoms. The Labute approximate surface area is 81.2 Å². The maximum absolute atomic E-state index is 4.40. The molecule has 2 nitrogen and oxygen atoms in total. The summed E-state index contributed by atoms with van der Waals surface area (Å²) in [5.74, 6) is 0. The van der Waals surface area contributed by atoms with Crippen LogP contribution in [0.2, 0.25) is 0 Å². The molecule has 2 heteroatoms. The van der Waals surface area contributed by atoms with Gasteiger partial charge < -0.3 is 0 Å². The first-order valence-electron chi connectivity index (χ1n) is 4.59. The van der Waals surface area contributed by atoms with Crippen LogP contribution >= 0.6 is 0 Å². The molecule has 0 fully saturated rings. The first kappa shape index (κ1) is 7.44. The van der Waals surface area contributed by atoms with Crippen molar-refractivity contribution >= 4 is 21.7 Å². The van der Waals surface area contributed by atoms with Crippen molar-refractivity contribution in [3.8, 4) is 0 Å². The quantitative estimate of drug-likeness (QED) is 0.488. The number of H-pyrrole nitrogens is 1. The summed E-state index contributed by atoms with van der Waals surface area (Å²) in [5.41, 5.74) is 1.07. The summed E-state index contributed by atoms with van der Waals surface area (Å²) in [6.07, 6.45) is 5.75. The van der Waals surface area contributed by atoms with E-state index in [-0.39, 0.29) is 0 Å². The van der Waals surface area contributed by atoms with E-state index in [0.717, 1.165) is 5.52 Å². The molecular formula is C12H9N2+. The molecule has 66 valence electrons. The van der Waals surface area contributed by atoms with Crippen LogP contribution < -0.4 is 4.98 Å². The van der Waals surface area contributed by atoms with Crippen LogP contribution in [0.25, 0.3) is 21.7 Å². The van der Waals surface area contributed by atoms with E-state index in [1.807, 2.05) is 24.7 Å². The Morgan fingerprint density at radius 2 is 1.93 bits per heavy atom. The summed E-state index contributed by atoms with van der Waals surface area (Å²) < 4.78 is 0. The van der Waals surface area contributed by atoms with Crippen LogP contribution in [0.15, 0.2) is 48.9 Å². The highest BCUT2D eigenvalue weighted by Crippen LogP contribution is 2.21. The molecule has 0 atom stereocenters. The van der Waals surface area contributed by atoms with Crippen LogP contribution in [0.3, 0.4) is 0 Å². The number of aromatic nitrogens is 2. The standard InChI is InChI=1S/C12H8N2/c1-2-9-3-4-10-8-13-7-5-11(10)12(9)14-6-1/h1-8H/p+1. The molecule has 0 unspecified atom stereocenters. The molecule has 0 aliphatic heterocycles. The number of pyridine rings is 2. The molecule has 0 saturated carbocycles. The van der Waals surface area contributed by atoms with Crippen molar-refractivity contribution in [3.05, 3.63) is 48.9 Å². The van der Waals surface area contributed by atoms with Gasteiger partial charge in [0.25, 0.3) is 0 Å². The predicted octanol–water partition coefficient (Wildman–Crippen LogP) is 2.20. The first-order valence-corrected chi connectivity index (χ1v) is 4.59. The van der Waals surface area contributed by atoms with Gasteiger partial charge in [-0.3, -0.25) is 4.98 Å². The lowest BCUT2D eigenvalue weighted by Crippen LogP contribution is -1.97. The van der Waals surface area contributed by atoms with Crippen LogP contribution in [0.1, 0.15) is 0 Å². The monoisotopic (exact) mass is 181 g/mol. The lowest BCUT2D eigenvalue weighted by Gasteiger charge is -1.98. The number of nitrogens with one attached hydrogen (secondary N) is 1. The molecule has 2 heterocycles. The fourth-order valence-electron chi connectivity index (χ4n) is 1.75. The minimum atomic E-state index is 1.07. The SMILES string of the molecule is c1cnc2c(c1)ccc1c[nH+]ccc12. The predicted molar refractivity (Wildman–Crippen MR) is 55.8 cm³/mol. The van der Waals surface area contributed by atoms with Gasteiger partial charge in [0.2, 0.25) is 0 Å². The highest BCUT2D eigenvalue weighted by molar-refractivity contribution is 6.04. The van der Waals surface area contributed by atoms with E-state index in [1.165, 1.54) is 16.2 Å². The van der Waals surface area contributed by atoms with E-state index in [2.05, 4.69) is 34.2 Å². The summed E-state index contributed by atoms with van der Waals surface area (Å²) in [6, 6.07) is 10.3. The summed E-state index contributed by atoms with van der Waals surface area (Å²) in [7, 11) is 0. The second kappa shape index (κ2) is 2.77. The summed E-state index contributed by atoms with van der Waals surface area (Å²) in [6.45, 7) is 0. The Hall–Kier alpha value is -1.96. The number of hydrogen-bond donors (Lipinski definition) is 0. The highest BCUT2D eigenvalue weighted by Gasteiger charge is 2.01. The van der Waals surface area contributed by atoms with Crippen molar-refractivity contribution in [2.75, 3.05) is 0 Å². The molecule has 0 spiro atoms. The van der Waals surface area contributed by atoms with E-state index in [0.29, 0.717) is 0 Å². The fourth-order valence-corrected chi connectivity index (χ4v) is 1.75. The first-order chi connectivity index (χ1) is 6.95. The third-order valence-electron chi connectivity index (χ3n) is 2.43. The molecule has 0 aliphatic carbocycles. The van der Waals surface area contributed by atoms with E-state index in [4.69, 9.17) is 0 Å². The maximum Gasteiger partial charge on any atom is 0.174 e. The zero-order valence-electron chi connectivity index (χ0n) is 7.57. The maximum atomic E-state index is 4.40. The van der Waals surface area contributed by atoms with Crippen LogP contribution in [0, 0.1) is 0 Å². The van der Waals surface area contributed by atoms with Gasteiger partial charge in [0, 0.05) is 28.4 Å². The Balaban J connectivity index is 2.61. The molecule has 1 N–H and O–H groups in total. The van der Waals surface area contributed by atoms with E-state index in [1.54, 1.807) is 0 Å². The third kappa shape index (κ3) is 0.973. The minimum absolute atomic E-state index is 1.07. The second-order valence-corrected chi connectivity index (χ2v) is 3.29. The smallest absolute Gasteiger partial charge is 0.174 e. The summed E-state index contributed by atoms with van der Waals surface area (Å²) in [5, 5.41) is 3.58. The molecule has 0 aliphatic rings. The highest BCUT2D eigenvalue weighted by atomic mass is 14.7. The van der Waals surface area contributed by atoms with Crippen molar-refractivity contribution in [1.29, 1.82) is 0 Å². The average Bonchev–Trinajstić information content (AvgIpc) is 2.29. The summed E-state index contributed by atoms with van der Waals surface area (Å²) >= 11 is 0. The van der Waals surface area contributed by atoms with Gasteiger partial charge in [0.1, 0.15) is 0 Å². The minimum Gasteiger partial charge on any atom is -0.256 e. The third-order valence-corrected chi connectivity index (χ3v) is 2.43. The Bertz CT molecular complexity index is 547. The van der Waals surface area contributed by atoms with Crippen LogP contribution in [-0.2, 0) is 0 Å². The van der Waals surface area contributed by atoms with Gasteiger partial charge in [-0.25, -0.2) is 4.98 Å². The molecule has 0 radical (unpaired) electrons. The van der Waals surface area contributed by atoms with Crippen molar-refractivity contribution < 1.29 is 4.98 Å². The largest absolute Gasteiger partial charge is 0.256 e. The molecule has 0 saturated heterocycles. The van der Waals surface area contributed by atoms with Gasteiger partial charge in [-0.15, -0.1) is 0 Å². The number of fused-ring (bicyclic) bond motifs is 3. The van der Waals surface area contributed by atoms with Gasteiger partial charge in [0.15, 0.2) is 12.4 Å². The van der Waals surface area contributed by atoms with Crippen LogP contribution in [0.4, 0.5) is 0 Å². The average molecular weight is 181 g/mol. The molecular weight excluding hydrogens is 172 g/mol. The number of aromatic amines is 1. The molecule has 0 amide bonds. The molecule has 1 aromatic carbocycles.